The topological polar surface area (TPSA) is 108 Å². The monoisotopic (exact) mass is 257 g/mol. The number of aliphatic carboxylic acids is 1. The molecular formula is C11H19N3O4. The maximum absolute atomic E-state index is 12.0. The zero-order valence-corrected chi connectivity index (χ0v) is 10.4. The lowest BCUT2D eigenvalue weighted by molar-refractivity contribution is -0.139. The van der Waals surface area contributed by atoms with Gasteiger partial charge in [-0.1, -0.05) is 12.8 Å². The van der Waals surface area contributed by atoms with Crippen molar-refractivity contribution in [1.29, 1.82) is 0 Å². The van der Waals surface area contributed by atoms with Gasteiger partial charge < -0.3 is 21.1 Å². The van der Waals surface area contributed by atoms with Crippen molar-refractivity contribution in [3.63, 3.8) is 0 Å². The van der Waals surface area contributed by atoms with Crippen molar-refractivity contribution in [2.45, 2.75) is 38.1 Å². The van der Waals surface area contributed by atoms with Gasteiger partial charge in [0.15, 0.2) is 0 Å². The van der Waals surface area contributed by atoms with Gasteiger partial charge in [0.05, 0.1) is 0 Å². The Kier molecular flexibility index (Phi) is 4.94. The SMILES string of the molecule is CCNC(=O)NC1(C(=O)NCC(=O)O)CCCC1. The fourth-order valence-corrected chi connectivity index (χ4v) is 2.13. The maximum Gasteiger partial charge on any atom is 0.322 e. The zero-order chi connectivity index (χ0) is 13.6. The minimum absolute atomic E-state index is 0.398. The first kappa shape index (κ1) is 14.3. The van der Waals surface area contributed by atoms with Gasteiger partial charge in [0, 0.05) is 6.54 Å². The Morgan fingerprint density at radius 2 is 1.78 bits per heavy atom. The van der Waals surface area contributed by atoms with Crippen molar-refractivity contribution >= 4 is 17.9 Å². The van der Waals surface area contributed by atoms with Crippen LogP contribution in [0.15, 0.2) is 0 Å². The lowest BCUT2D eigenvalue weighted by Gasteiger charge is -2.28. The second-order valence-electron chi connectivity index (χ2n) is 4.35. The number of carbonyl (C=O) groups excluding carboxylic acids is 2. The molecule has 0 radical (unpaired) electrons. The predicted octanol–water partition coefficient (Wildman–Crippen LogP) is -0.181. The Morgan fingerprint density at radius 3 is 2.28 bits per heavy atom. The molecule has 1 fully saturated rings. The van der Waals surface area contributed by atoms with Crippen LogP contribution in [0.4, 0.5) is 4.79 Å². The van der Waals surface area contributed by atoms with Crippen molar-refractivity contribution in [3.8, 4) is 0 Å². The van der Waals surface area contributed by atoms with Gasteiger partial charge >= 0.3 is 12.0 Å². The first-order chi connectivity index (χ1) is 8.50. The molecule has 0 saturated heterocycles. The lowest BCUT2D eigenvalue weighted by atomic mass is 9.96. The van der Waals surface area contributed by atoms with Gasteiger partial charge in [-0.25, -0.2) is 4.79 Å². The van der Waals surface area contributed by atoms with Crippen LogP contribution in [0.25, 0.3) is 0 Å². The minimum Gasteiger partial charge on any atom is -0.480 e. The van der Waals surface area contributed by atoms with Crippen LogP contribution < -0.4 is 16.0 Å². The first-order valence-corrected chi connectivity index (χ1v) is 6.06. The number of rotatable bonds is 5. The highest BCUT2D eigenvalue weighted by Gasteiger charge is 2.42. The molecule has 102 valence electrons. The van der Waals surface area contributed by atoms with Crippen LogP contribution in [-0.2, 0) is 9.59 Å². The molecule has 0 aromatic heterocycles. The molecule has 1 aliphatic carbocycles. The molecule has 0 atom stereocenters. The molecule has 0 aliphatic heterocycles. The van der Waals surface area contributed by atoms with Gasteiger partial charge in [-0.3, -0.25) is 9.59 Å². The molecule has 0 heterocycles. The van der Waals surface area contributed by atoms with Crippen LogP contribution >= 0.6 is 0 Å². The van der Waals surface area contributed by atoms with Gasteiger partial charge in [-0.15, -0.1) is 0 Å². The first-order valence-electron chi connectivity index (χ1n) is 6.06. The Bertz CT molecular complexity index is 337. The quantitative estimate of drug-likeness (QED) is 0.548. The highest BCUT2D eigenvalue weighted by Crippen LogP contribution is 2.29. The van der Waals surface area contributed by atoms with E-state index in [4.69, 9.17) is 5.11 Å². The van der Waals surface area contributed by atoms with Gasteiger partial charge in [-0.2, -0.15) is 0 Å². The van der Waals surface area contributed by atoms with E-state index in [9.17, 15) is 14.4 Å². The molecule has 0 aromatic rings. The second-order valence-corrected chi connectivity index (χ2v) is 4.35. The largest absolute Gasteiger partial charge is 0.480 e. The summed E-state index contributed by atoms with van der Waals surface area (Å²) in [7, 11) is 0. The van der Waals surface area contributed by atoms with E-state index in [2.05, 4.69) is 16.0 Å². The fourth-order valence-electron chi connectivity index (χ4n) is 2.13. The van der Waals surface area contributed by atoms with Gasteiger partial charge in [0.25, 0.3) is 0 Å². The highest BCUT2D eigenvalue weighted by molar-refractivity contribution is 5.92. The summed E-state index contributed by atoms with van der Waals surface area (Å²) in [6, 6.07) is -0.398. The van der Waals surface area contributed by atoms with E-state index in [0.29, 0.717) is 19.4 Å². The van der Waals surface area contributed by atoms with Crippen molar-refractivity contribution in [1.82, 2.24) is 16.0 Å². The number of hydrogen-bond acceptors (Lipinski definition) is 3. The molecule has 0 bridgehead atoms. The molecule has 1 aliphatic rings. The Morgan fingerprint density at radius 1 is 1.17 bits per heavy atom. The average Bonchev–Trinajstić information content (AvgIpc) is 2.75. The van der Waals surface area contributed by atoms with Crippen LogP contribution in [0.3, 0.4) is 0 Å². The van der Waals surface area contributed by atoms with E-state index < -0.39 is 30.0 Å². The number of urea groups is 1. The third-order valence-electron chi connectivity index (χ3n) is 2.98. The Labute approximate surface area is 105 Å². The highest BCUT2D eigenvalue weighted by atomic mass is 16.4. The molecule has 0 aromatic carbocycles. The normalized spacial score (nSPS) is 16.9. The molecule has 1 saturated carbocycles. The van der Waals surface area contributed by atoms with Gasteiger partial charge in [-0.05, 0) is 19.8 Å². The summed E-state index contributed by atoms with van der Waals surface area (Å²) < 4.78 is 0. The van der Waals surface area contributed by atoms with Crippen molar-refractivity contribution in [2.75, 3.05) is 13.1 Å². The Hall–Kier alpha value is -1.79. The summed E-state index contributed by atoms with van der Waals surface area (Å²) in [5.74, 6) is -1.52. The number of carbonyl (C=O) groups is 3. The summed E-state index contributed by atoms with van der Waals surface area (Å²) in [6.07, 6.45) is 2.75. The minimum atomic E-state index is -1.10. The third-order valence-corrected chi connectivity index (χ3v) is 2.98. The molecule has 1 rings (SSSR count). The summed E-state index contributed by atoms with van der Waals surface area (Å²) in [4.78, 5) is 34.0. The summed E-state index contributed by atoms with van der Waals surface area (Å²) in [5, 5.41) is 16.1. The number of carboxylic acid groups (broad SMARTS) is 1. The van der Waals surface area contributed by atoms with E-state index >= 15 is 0 Å². The van der Waals surface area contributed by atoms with Crippen LogP contribution in [0, 0.1) is 0 Å². The van der Waals surface area contributed by atoms with Gasteiger partial charge in [0.2, 0.25) is 5.91 Å². The molecular weight excluding hydrogens is 238 g/mol. The average molecular weight is 257 g/mol. The van der Waals surface area contributed by atoms with Crippen LogP contribution in [-0.4, -0.2) is 41.6 Å². The van der Waals surface area contributed by atoms with Crippen LogP contribution in [0.2, 0.25) is 0 Å². The van der Waals surface area contributed by atoms with E-state index in [1.807, 2.05) is 0 Å². The summed E-state index contributed by atoms with van der Waals surface area (Å²) >= 11 is 0. The van der Waals surface area contributed by atoms with Crippen LogP contribution in [0.5, 0.6) is 0 Å². The van der Waals surface area contributed by atoms with Crippen molar-refractivity contribution in [2.24, 2.45) is 0 Å². The zero-order valence-electron chi connectivity index (χ0n) is 10.4. The molecule has 4 N–H and O–H groups in total. The van der Waals surface area contributed by atoms with Crippen molar-refractivity contribution in [3.05, 3.63) is 0 Å². The standard InChI is InChI=1S/C11H19N3O4/c1-2-12-10(18)14-11(5-3-4-6-11)9(17)13-7-8(15)16/h2-7H2,1H3,(H,13,17)(H,15,16)(H2,12,14,18). The maximum atomic E-state index is 12.0. The fraction of sp³-hybridized carbons (Fsp3) is 0.727. The van der Waals surface area contributed by atoms with E-state index in [0.717, 1.165) is 12.8 Å². The number of carboxylic acids is 1. The molecule has 7 heteroatoms. The summed E-state index contributed by atoms with van der Waals surface area (Å²) in [6.45, 7) is 1.82. The lowest BCUT2D eigenvalue weighted by Crippen LogP contribution is -2.59. The number of nitrogens with one attached hydrogen (secondary N) is 3. The molecule has 0 unspecified atom stereocenters. The third kappa shape index (κ3) is 3.61. The van der Waals surface area contributed by atoms with Gasteiger partial charge in [0.1, 0.15) is 12.1 Å². The van der Waals surface area contributed by atoms with E-state index in [1.54, 1.807) is 6.92 Å². The summed E-state index contributed by atoms with van der Waals surface area (Å²) in [5.41, 5.74) is -0.964. The van der Waals surface area contributed by atoms with Crippen LogP contribution in [0.1, 0.15) is 32.6 Å². The predicted molar refractivity (Wildman–Crippen MR) is 64.1 cm³/mol. The van der Waals surface area contributed by atoms with E-state index in [-0.39, 0.29) is 0 Å². The molecule has 0 spiro atoms. The number of amides is 3. The molecule has 7 nitrogen and oxygen atoms in total. The number of hydrogen-bond donors (Lipinski definition) is 4. The van der Waals surface area contributed by atoms with Crippen molar-refractivity contribution < 1.29 is 19.5 Å². The molecule has 3 amide bonds. The van der Waals surface area contributed by atoms with E-state index in [1.165, 1.54) is 0 Å². The Balaban J connectivity index is 2.64. The second kappa shape index (κ2) is 6.23. The smallest absolute Gasteiger partial charge is 0.322 e. The molecule has 18 heavy (non-hydrogen) atoms.